The quantitative estimate of drug-likeness (QED) is 0.787. The second-order valence-electron chi connectivity index (χ2n) is 5.16. The minimum absolute atomic E-state index is 0.272. The van der Waals surface area contributed by atoms with E-state index in [9.17, 15) is 14.4 Å². The summed E-state index contributed by atoms with van der Waals surface area (Å²) in [5, 5.41) is 4.23. The number of amides is 4. The SMILES string of the molecule is COc1ccc(CC(C)C2C(=O)NC(=O)NC2=O)cc1OC. The van der Waals surface area contributed by atoms with Gasteiger partial charge in [0.15, 0.2) is 11.5 Å². The first-order valence-corrected chi connectivity index (χ1v) is 6.82. The van der Waals surface area contributed by atoms with Gasteiger partial charge in [-0.1, -0.05) is 13.0 Å². The van der Waals surface area contributed by atoms with Gasteiger partial charge in [0.25, 0.3) is 0 Å². The summed E-state index contributed by atoms with van der Waals surface area (Å²) in [6, 6.07) is 4.65. The molecule has 0 spiro atoms. The molecular weight excluding hydrogens is 288 g/mol. The minimum atomic E-state index is -0.897. The van der Waals surface area contributed by atoms with Crippen LogP contribution in [-0.2, 0) is 16.0 Å². The molecule has 7 heteroatoms. The van der Waals surface area contributed by atoms with Crippen LogP contribution in [0.15, 0.2) is 18.2 Å². The van der Waals surface area contributed by atoms with Crippen LogP contribution in [0.2, 0.25) is 0 Å². The van der Waals surface area contributed by atoms with Crippen molar-refractivity contribution in [2.24, 2.45) is 11.8 Å². The molecule has 1 aromatic carbocycles. The molecule has 1 aromatic rings. The van der Waals surface area contributed by atoms with E-state index >= 15 is 0 Å². The molecule has 1 saturated heterocycles. The molecule has 1 unspecified atom stereocenters. The highest BCUT2D eigenvalue weighted by atomic mass is 16.5. The van der Waals surface area contributed by atoms with E-state index in [0.717, 1.165) is 5.56 Å². The third-order valence-corrected chi connectivity index (χ3v) is 3.61. The second kappa shape index (κ2) is 6.46. The van der Waals surface area contributed by atoms with Gasteiger partial charge in [-0.05, 0) is 30.0 Å². The molecule has 7 nitrogen and oxygen atoms in total. The lowest BCUT2D eigenvalue weighted by molar-refractivity contribution is -0.137. The van der Waals surface area contributed by atoms with Crippen LogP contribution in [0.1, 0.15) is 12.5 Å². The molecule has 4 amide bonds. The summed E-state index contributed by atoms with van der Waals surface area (Å²) in [6.07, 6.45) is 0.486. The number of methoxy groups -OCH3 is 2. The van der Waals surface area contributed by atoms with E-state index in [-0.39, 0.29) is 5.92 Å². The molecule has 0 bridgehead atoms. The largest absolute Gasteiger partial charge is 0.493 e. The fourth-order valence-corrected chi connectivity index (χ4v) is 2.54. The lowest BCUT2D eigenvalue weighted by atomic mass is 9.86. The number of benzene rings is 1. The van der Waals surface area contributed by atoms with E-state index < -0.39 is 23.8 Å². The number of imide groups is 2. The molecule has 1 fully saturated rings. The molecule has 2 rings (SSSR count). The fourth-order valence-electron chi connectivity index (χ4n) is 2.54. The smallest absolute Gasteiger partial charge is 0.328 e. The van der Waals surface area contributed by atoms with Crippen molar-refractivity contribution in [3.63, 3.8) is 0 Å². The molecule has 1 aliphatic rings. The normalized spacial score (nSPS) is 16.8. The number of carbonyl (C=O) groups excluding carboxylic acids is 3. The Kier molecular flexibility index (Phi) is 4.65. The van der Waals surface area contributed by atoms with E-state index in [1.54, 1.807) is 33.3 Å². The third-order valence-electron chi connectivity index (χ3n) is 3.61. The number of urea groups is 1. The highest BCUT2D eigenvalue weighted by Crippen LogP contribution is 2.29. The van der Waals surface area contributed by atoms with Crippen molar-refractivity contribution >= 4 is 17.8 Å². The number of hydrogen-bond donors (Lipinski definition) is 2. The van der Waals surface area contributed by atoms with Gasteiger partial charge >= 0.3 is 6.03 Å². The summed E-state index contributed by atoms with van der Waals surface area (Å²) >= 11 is 0. The van der Waals surface area contributed by atoms with Crippen LogP contribution in [0.25, 0.3) is 0 Å². The van der Waals surface area contributed by atoms with E-state index in [1.165, 1.54) is 0 Å². The molecular formula is C15H18N2O5. The van der Waals surface area contributed by atoms with Crippen LogP contribution >= 0.6 is 0 Å². The van der Waals surface area contributed by atoms with Gasteiger partial charge in [-0.15, -0.1) is 0 Å². The number of hydrogen-bond acceptors (Lipinski definition) is 5. The molecule has 0 saturated carbocycles. The summed E-state index contributed by atoms with van der Waals surface area (Å²) < 4.78 is 10.4. The summed E-state index contributed by atoms with van der Waals surface area (Å²) in [5.41, 5.74) is 0.905. The van der Waals surface area contributed by atoms with Crippen molar-refractivity contribution in [1.82, 2.24) is 10.6 Å². The van der Waals surface area contributed by atoms with Gasteiger partial charge in [-0.25, -0.2) is 4.79 Å². The molecule has 22 heavy (non-hydrogen) atoms. The van der Waals surface area contributed by atoms with E-state index in [1.807, 2.05) is 6.07 Å². The van der Waals surface area contributed by atoms with Gasteiger partial charge in [-0.3, -0.25) is 20.2 Å². The van der Waals surface area contributed by atoms with Crippen LogP contribution < -0.4 is 20.1 Å². The van der Waals surface area contributed by atoms with Crippen molar-refractivity contribution in [1.29, 1.82) is 0 Å². The van der Waals surface area contributed by atoms with Gasteiger partial charge in [0, 0.05) is 0 Å². The number of nitrogens with one attached hydrogen (secondary N) is 2. The highest BCUT2D eigenvalue weighted by molar-refractivity contribution is 6.16. The summed E-state index contributed by atoms with van der Waals surface area (Å²) in [5.74, 6) is -1.11. The molecule has 118 valence electrons. The lowest BCUT2D eigenvalue weighted by Crippen LogP contribution is -2.57. The predicted octanol–water partition coefficient (Wildman–Crippen LogP) is 0.865. The number of barbiturate groups is 1. The third kappa shape index (κ3) is 3.19. The van der Waals surface area contributed by atoms with Gasteiger partial charge < -0.3 is 9.47 Å². The molecule has 2 N–H and O–H groups in total. The van der Waals surface area contributed by atoms with Crippen molar-refractivity contribution in [3.05, 3.63) is 23.8 Å². The van der Waals surface area contributed by atoms with Crippen LogP contribution in [0, 0.1) is 11.8 Å². The molecule has 0 radical (unpaired) electrons. The zero-order valence-electron chi connectivity index (χ0n) is 12.6. The van der Waals surface area contributed by atoms with E-state index in [2.05, 4.69) is 10.6 Å². The fraction of sp³-hybridized carbons (Fsp3) is 0.400. The average molecular weight is 306 g/mol. The van der Waals surface area contributed by atoms with Crippen molar-refractivity contribution in [2.45, 2.75) is 13.3 Å². The van der Waals surface area contributed by atoms with Crippen molar-refractivity contribution in [3.8, 4) is 11.5 Å². The van der Waals surface area contributed by atoms with Gasteiger partial charge in [-0.2, -0.15) is 0 Å². The Morgan fingerprint density at radius 1 is 1.05 bits per heavy atom. The molecule has 0 aliphatic carbocycles. The first-order valence-electron chi connectivity index (χ1n) is 6.82. The van der Waals surface area contributed by atoms with Crippen molar-refractivity contribution < 1.29 is 23.9 Å². The monoisotopic (exact) mass is 306 g/mol. The van der Waals surface area contributed by atoms with Gasteiger partial charge in [0.05, 0.1) is 14.2 Å². The van der Waals surface area contributed by atoms with Gasteiger partial charge in [0.1, 0.15) is 5.92 Å². The molecule has 0 aromatic heterocycles. The predicted molar refractivity (Wildman–Crippen MR) is 77.6 cm³/mol. The topological polar surface area (TPSA) is 93.7 Å². The average Bonchev–Trinajstić information content (AvgIpc) is 2.45. The summed E-state index contributed by atoms with van der Waals surface area (Å²) in [7, 11) is 3.09. The number of rotatable bonds is 5. The van der Waals surface area contributed by atoms with Crippen LogP contribution in [-0.4, -0.2) is 32.1 Å². The van der Waals surface area contributed by atoms with Crippen LogP contribution in [0.4, 0.5) is 4.79 Å². The van der Waals surface area contributed by atoms with Crippen molar-refractivity contribution in [2.75, 3.05) is 14.2 Å². The van der Waals surface area contributed by atoms with Crippen LogP contribution in [0.3, 0.4) is 0 Å². The Labute approximate surface area is 128 Å². The van der Waals surface area contributed by atoms with E-state index in [0.29, 0.717) is 17.9 Å². The maximum Gasteiger partial charge on any atom is 0.328 e. The Morgan fingerprint density at radius 3 is 2.18 bits per heavy atom. The maximum atomic E-state index is 11.8. The van der Waals surface area contributed by atoms with E-state index in [4.69, 9.17) is 9.47 Å². The Hall–Kier alpha value is -2.57. The number of ether oxygens (including phenoxy) is 2. The van der Waals surface area contributed by atoms with Gasteiger partial charge in [0.2, 0.25) is 11.8 Å². The number of carbonyl (C=O) groups is 3. The molecule has 1 aliphatic heterocycles. The Bertz CT molecular complexity index is 594. The molecule has 1 heterocycles. The first kappa shape index (κ1) is 15.8. The highest BCUT2D eigenvalue weighted by Gasteiger charge is 2.38. The molecule has 1 atom stereocenters. The Morgan fingerprint density at radius 2 is 1.64 bits per heavy atom. The summed E-state index contributed by atoms with van der Waals surface area (Å²) in [4.78, 5) is 34.7. The standard InChI is InChI=1S/C15H18N2O5/c1-8(12-13(18)16-15(20)17-14(12)19)6-9-4-5-10(21-2)11(7-9)22-3/h4-5,7-8,12H,6H2,1-3H3,(H2,16,17,18,19,20). The zero-order chi connectivity index (χ0) is 16.3. The lowest BCUT2D eigenvalue weighted by Gasteiger charge is -2.25. The minimum Gasteiger partial charge on any atom is -0.493 e. The second-order valence-corrected chi connectivity index (χ2v) is 5.16. The summed E-state index contributed by atoms with van der Waals surface area (Å²) in [6.45, 7) is 1.79. The Balaban J connectivity index is 2.14. The first-order chi connectivity index (χ1) is 10.5. The zero-order valence-corrected chi connectivity index (χ0v) is 12.6. The van der Waals surface area contributed by atoms with Crippen LogP contribution in [0.5, 0.6) is 11.5 Å². The maximum absolute atomic E-state index is 11.8.